The van der Waals surface area contributed by atoms with E-state index in [1.165, 1.54) is 138 Å². The van der Waals surface area contributed by atoms with Crippen molar-refractivity contribution in [2.45, 2.75) is 56.8 Å². The number of rotatable bonds is 4. The van der Waals surface area contributed by atoms with Gasteiger partial charge < -0.3 is 4.90 Å². The van der Waals surface area contributed by atoms with Crippen LogP contribution in [-0.2, 0) is 10.8 Å². The third kappa shape index (κ3) is 4.21. The van der Waals surface area contributed by atoms with Gasteiger partial charge in [0.05, 0.1) is 11.4 Å². The molecule has 4 aliphatic rings. The van der Waals surface area contributed by atoms with E-state index in [1.807, 2.05) is 0 Å². The molecule has 0 aromatic heterocycles. The summed E-state index contributed by atoms with van der Waals surface area (Å²) in [6.07, 6.45) is 6.32. The Labute approximate surface area is 329 Å². The number of fused-ring (bicyclic) bond motifs is 11. The van der Waals surface area contributed by atoms with E-state index in [9.17, 15) is 0 Å². The lowest BCUT2D eigenvalue weighted by Gasteiger charge is -2.36. The molecule has 8 aromatic carbocycles. The molecule has 0 amide bonds. The molecule has 12 rings (SSSR count). The molecule has 0 heterocycles. The van der Waals surface area contributed by atoms with Gasteiger partial charge in [-0.05, 0) is 115 Å². The Balaban J connectivity index is 1.12. The summed E-state index contributed by atoms with van der Waals surface area (Å²) in [7, 11) is 0. The smallest absolute Gasteiger partial charge is 0.0543 e. The zero-order valence-electron chi connectivity index (χ0n) is 32.1. The molecule has 0 atom stereocenters. The van der Waals surface area contributed by atoms with Gasteiger partial charge in [0.25, 0.3) is 0 Å². The summed E-state index contributed by atoms with van der Waals surface area (Å²) < 4.78 is 0. The first-order valence-corrected chi connectivity index (χ1v) is 20.6. The average Bonchev–Trinajstić information content (AvgIpc) is 3.81. The van der Waals surface area contributed by atoms with Crippen LogP contribution in [0.4, 0.5) is 17.1 Å². The molecule has 4 aliphatic carbocycles. The summed E-state index contributed by atoms with van der Waals surface area (Å²) in [5, 5.41) is 2.67. The monoisotopic (exact) mass is 717 g/mol. The van der Waals surface area contributed by atoms with Gasteiger partial charge in [0.1, 0.15) is 0 Å². The third-order valence-electron chi connectivity index (χ3n) is 14.0. The SMILES string of the molecule is CC1(C)c2ccccc2-c2c(N(c3cccc(-c4ccc5c6c(cccc46)-c4ccccc4-5)c3)c3cccc4c3-c3ccccc3C43CCCCC3)cccc21. The maximum Gasteiger partial charge on any atom is 0.0543 e. The molecule has 1 heteroatoms. The van der Waals surface area contributed by atoms with Crippen molar-refractivity contribution in [1.82, 2.24) is 0 Å². The van der Waals surface area contributed by atoms with E-state index < -0.39 is 0 Å². The zero-order valence-corrected chi connectivity index (χ0v) is 32.1. The first-order chi connectivity index (χ1) is 27.5. The molecule has 8 aromatic rings. The summed E-state index contributed by atoms with van der Waals surface area (Å²) >= 11 is 0. The van der Waals surface area contributed by atoms with E-state index in [2.05, 4.69) is 183 Å². The van der Waals surface area contributed by atoms with Gasteiger partial charge in [0.15, 0.2) is 0 Å². The third-order valence-corrected chi connectivity index (χ3v) is 14.0. The van der Waals surface area contributed by atoms with Gasteiger partial charge in [-0.25, -0.2) is 0 Å². The van der Waals surface area contributed by atoms with E-state index in [0.29, 0.717) is 0 Å². The van der Waals surface area contributed by atoms with Crippen molar-refractivity contribution in [2.24, 2.45) is 0 Å². The highest BCUT2D eigenvalue weighted by Crippen LogP contribution is 2.61. The molecule has 1 saturated carbocycles. The Hall–Kier alpha value is -6.18. The first-order valence-electron chi connectivity index (χ1n) is 20.6. The lowest BCUT2D eigenvalue weighted by atomic mass is 9.68. The van der Waals surface area contributed by atoms with Crippen LogP contribution in [0.5, 0.6) is 0 Å². The maximum atomic E-state index is 2.62. The standard InChI is InChI=1S/C55H43N/c1-54(2)45-24-8-6-20-43(45)52-47(54)26-14-28-49(52)56(50-29-15-27-48-53(50)44-21-7-9-25-46(44)55(48)32-10-3-11-33-55)36-17-12-16-35(34-36)37-30-31-42-39-19-5-4-18-38(39)41-23-13-22-40(37)51(41)42/h4-9,12-31,34H,3,10-11,32-33H2,1-2H3. The fraction of sp³-hybridized carbons (Fsp3) is 0.164. The van der Waals surface area contributed by atoms with Crippen LogP contribution in [0.1, 0.15) is 68.2 Å². The van der Waals surface area contributed by atoms with Crippen molar-refractivity contribution in [2.75, 3.05) is 4.90 Å². The topological polar surface area (TPSA) is 3.24 Å². The molecule has 1 fully saturated rings. The van der Waals surface area contributed by atoms with Crippen molar-refractivity contribution >= 4 is 27.8 Å². The van der Waals surface area contributed by atoms with Gasteiger partial charge >= 0.3 is 0 Å². The molecule has 0 saturated heterocycles. The van der Waals surface area contributed by atoms with Gasteiger partial charge in [-0.3, -0.25) is 0 Å². The Bertz CT molecular complexity index is 2910. The fourth-order valence-electron chi connectivity index (χ4n) is 11.6. The second-order valence-corrected chi connectivity index (χ2v) is 17.1. The predicted molar refractivity (Wildman–Crippen MR) is 235 cm³/mol. The Morgan fingerprint density at radius 1 is 0.411 bits per heavy atom. The highest BCUT2D eigenvalue weighted by Gasteiger charge is 2.45. The second-order valence-electron chi connectivity index (χ2n) is 17.1. The first kappa shape index (κ1) is 32.1. The van der Waals surface area contributed by atoms with Gasteiger partial charge in [0.2, 0.25) is 0 Å². The molecule has 0 radical (unpaired) electrons. The molecule has 1 spiro atoms. The highest BCUT2D eigenvalue weighted by atomic mass is 15.1. The molecule has 0 aliphatic heterocycles. The van der Waals surface area contributed by atoms with E-state index in [4.69, 9.17) is 0 Å². The van der Waals surface area contributed by atoms with Gasteiger partial charge in [0, 0.05) is 27.6 Å². The molecule has 56 heavy (non-hydrogen) atoms. The van der Waals surface area contributed by atoms with E-state index in [1.54, 1.807) is 0 Å². The molecule has 0 N–H and O–H groups in total. The molecular formula is C55H43N. The quantitative estimate of drug-likeness (QED) is 0.175. The molecule has 1 nitrogen and oxygen atoms in total. The lowest BCUT2D eigenvalue weighted by Crippen LogP contribution is -2.28. The average molecular weight is 718 g/mol. The van der Waals surface area contributed by atoms with Crippen LogP contribution < -0.4 is 4.90 Å². The Morgan fingerprint density at radius 2 is 0.946 bits per heavy atom. The van der Waals surface area contributed by atoms with Crippen molar-refractivity contribution in [3.8, 4) is 55.6 Å². The Kier molecular flexibility index (Phi) is 6.69. The van der Waals surface area contributed by atoms with Crippen LogP contribution >= 0.6 is 0 Å². The maximum absolute atomic E-state index is 2.62. The summed E-state index contributed by atoms with van der Waals surface area (Å²) in [6.45, 7) is 4.78. The predicted octanol–water partition coefficient (Wildman–Crippen LogP) is 15.2. The van der Waals surface area contributed by atoms with Gasteiger partial charge in [-0.1, -0.05) is 173 Å². The summed E-state index contributed by atoms with van der Waals surface area (Å²) in [5.74, 6) is 0. The lowest BCUT2D eigenvalue weighted by molar-refractivity contribution is 0.353. The summed E-state index contributed by atoms with van der Waals surface area (Å²) in [6, 6.07) is 62.5. The fourth-order valence-corrected chi connectivity index (χ4v) is 11.6. The van der Waals surface area contributed by atoms with Crippen molar-refractivity contribution in [3.05, 3.63) is 186 Å². The van der Waals surface area contributed by atoms with E-state index >= 15 is 0 Å². The minimum absolute atomic E-state index is 0.0726. The number of nitrogens with zero attached hydrogens (tertiary/aromatic N) is 1. The van der Waals surface area contributed by atoms with Crippen LogP contribution in [0.2, 0.25) is 0 Å². The molecular weight excluding hydrogens is 675 g/mol. The number of hydrogen-bond donors (Lipinski definition) is 0. The van der Waals surface area contributed by atoms with Crippen molar-refractivity contribution in [3.63, 3.8) is 0 Å². The normalized spacial score (nSPS) is 16.0. The van der Waals surface area contributed by atoms with Crippen LogP contribution in [0.25, 0.3) is 66.4 Å². The van der Waals surface area contributed by atoms with E-state index in [0.717, 1.165) is 0 Å². The summed E-state index contributed by atoms with van der Waals surface area (Å²) in [4.78, 5) is 2.62. The minimum atomic E-state index is -0.102. The largest absolute Gasteiger partial charge is 0.309 e. The van der Waals surface area contributed by atoms with Crippen LogP contribution in [0.3, 0.4) is 0 Å². The second kappa shape index (κ2) is 11.7. The number of anilines is 3. The van der Waals surface area contributed by atoms with E-state index in [-0.39, 0.29) is 10.8 Å². The van der Waals surface area contributed by atoms with Crippen molar-refractivity contribution in [1.29, 1.82) is 0 Å². The zero-order chi connectivity index (χ0) is 37.2. The summed E-state index contributed by atoms with van der Waals surface area (Å²) in [5.41, 5.74) is 22.8. The minimum Gasteiger partial charge on any atom is -0.309 e. The molecule has 0 unspecified atom stereocenters. The van der Waals surface area contributed by atoms with Crippen LogP contribution in [0.15, 0.2) is 164 Å². The van der Waals surface area contributed by atoms with Crippen molar-refractivity contribution < 1.29 is 0 Å². The Morgan fingerprint density at radius 3 is 1.70 bits per heavy atom. The van der Waals surface area contributed by atoms with Gasteiger partial charge in [-0.15, -0.1) is 0 Å². The highest BCUT2D eigenvalue weighted by molar-refractivity contribution is 6.18. The molecule has 0 bridgehead atoms. The number of benzene rings is 8. The van der Waals surface area contributed by atoms with Gasteiger partial charge in [-0.2, -0.15) is 0 Å². The number of hydrogen-bond acceptors (Lipinski definition) is 1. The van der Waals surface area contributed by atoms with Crippen LogP contribution in [-0.4, -0.2) is 0 Å². The molecule has 268 valence electrons. The van der Waals surface area contributed by atoms with Crippen LogP contribution in [0, 0.1) is 0 Å².